The lowest BCUT2D eigenvalue weighted by atomic mass is 10.2. The highest BCUT2D eigenvalue weighted by Gasteiger charge is 2.50. The summed E-state index contributed by atoms with van der Waals surface area (Å²) < 4.78 is 32.7. The van der Waals surface area contributed by atoms with Crippen LogP contribution in [0.4, 0.5) is 0 Å². The molecule has 0 saturated heterocycles. The molecule has 0 heterocycles. The molecule has 6 nitrogen and oxygen atoms in total. The Morgan fingerprint density at radius 1 is 0.667 bits per heavy atom. The van der Waals surface area contributed by atoms with Crippen LogP contribution in [0.2, 0.25) is 0 Å². The van der Waals surface area contributed by atoms with Crippen LogP contribution in [-0.2, 0) is 0 Å². The van der Waals surface area contributed by atoms with Crippen molar-refractivity contribution in [2.75, 3.05) is 0 Å². The van der Waals surface area contributed by atoms with Crippen molar-refractivity contribution in [3.8, 4) is 0 Å². The highest BCUT2D eigenvalue weighted by molar-refractivity contribution is 7.99. The Kier molecular flexibility index (Phi) is 9.51. The summed E-state index contributed by atoms with van der Waals surface area (Å²) in [5, 5.41) is 15.9. The van der Waals surface area contributed by atoms with E-state index in [1.165, 1.54) is 22.8 Å². The molecule has 184 valence electrons. The first-order valence-corrected chi connectivity index (χ1v) is 14.0. The minimum absolute atomic E-state index is 0.200. The van der Waals surface area contributed by atoms with E-state index in [-0.39, 0.29) is 5.90 Å². The van der Waals surface area contributed by atoms with Gasteiger partial charge in [-0.25, -0.2) is 4.99 Å². The van der Waals surface area contributed by atoms with E-state index in [4.69, 9.17) is 18.6 Å². The van der Waals surface area contributed by atoms with Crippen LogP contribution >= 0.6 is 7.26 Å². The molecular formula is C28H25ClNO5P. The van der Waals surface area contributed by atoms with Gasteiger partial charge in [0, 0.05) is 6.08 Å². The van der Waals surface area contributed by atoms with E-state index in [2.05, 4.69) is 83.9 Å². The van der Waals surface area contributed by atoms with E-state index >= 15 is 0 Å². The number of hydrogen-bond acceptors (Lipinski definition) is 6. The zero-order valence-electron chi connectivity index (χ0n) is 19.5. The molecule has 1 N–H and O–H groups in total. The molecular weight excluding hydrogens is 497 g/mol. The lowest BCUT2D eigenvalue weighted by molar-refractivity contribution is -1.92. The quantitative estimate of drug-likeness (QED) is 0.226. The minimum atomic E-state index is -4.69. The van der Waals surface area contributed by atoms with Crippen LogP contribution in [0.1, 0.15) is 12.5 Å². The van der Waals surface area contributed by atoms with Crippen LogP contribution in [0.15, 0.2) is 132 Å². The predicted molar refractivity (Wildman–Crippen MR) is 135 cm³/mol. The van der Waals surface area contributed by atoms with Gasteiger partial charge in [-0.3, -0.25) is 0 Å². The molecule has 0 amide bonds. The second-order valence-electron chi connectivity index (χ2n) is 7.62. The Balaban J connectivity index is 0.000000658. The van der Waals surface area contributed by atoms with Crippen LogP contribution in [0.25, 0.3) is 6.08 Å². The Hall–Kier alpha value is -3.35. The van der Waals surface area contributed by atoms with E-state index in [1.807, 2.05) is 48.5 Å². The van der Waals surface area contributed by atoms with Crippen LogP contribution in [0, 0.1) is 10.2 Å². The smallest absolute Gasteiger partial charge is 0.197 e. The molecule has 8 heteroatoms. The number of halogens is 1. The molecule has 0 aliphatic rings. The third kappa shape index (κ3) is 7.33. The fourth-order valence-corrected chi connectivity index (χ4v) is 8.04. The summed E-state index contributed by atoms with van der Waals surface area (Å²) >= 11 is 0. The van der Waals surface area contributed by atoms with Gasteiger partial charge in [0.05, 0.1) is 14.9 Å². The van der Waals surface area contributed by atoms with Crippen molar-refractivity contribution in [1.29, 1.82) is 0 Å². The molecule has 0 aliphatic heterocycles. The standard InChI is InChI=1S/C28H24NOP.ClHO4/c1-23(30)29-28(22-24-14-6-2-7-15-24)31(25-16-8-3-9-17-25,26-18-10-4-11-19-26)27-20-12-5-13-21-27;2-1(3,4)5/h2-22H,1H3;(H,2,3,4,5)/b28-22-;. The van der Waals surface area contributed by atoms with Crippen molar-refractivity contribution < 1.29 is 34.0 Å². The summed E-state index contributed by atoms with van der Waals surface area (Å²) in [5.74, 6) is -0.200. The van der Waals surface area contributed by atoms with E-state index < -0.39 is 17.5 Å². The first-order chi connectivity index (χ1) is 17.2. The van der Waals surface area contributed by atoms with Crippen LogP contribution in [-0.4, -0.2) is 10.6 Å². The molecule has 0 spiro atoms. The van der Waals surface area contributed by atoms with Gasteiger partial charge in [0.25, 0.3) is 0 Å². The first kappa shape index (κ1) is 27.2. The number of rotatable bonds is 6. The maximum absolute atomic E-state index is 12.4. The van der Waals surface area contributed by atoms with Gasteiger partial charge in [-0.15, -0.1) is 0 Å². The second-order valence-corrected chi connectivity index (χ2v) is 11.8. The molecule has 0 bridgehead atoms. The van der Waals surface area contributed by atoms with Crippen molar-refractivity contribution >= 4 is 35.1 Å². The molecule has 36 heavy (non-hydrogen) atoms. The van der Waals surface area contributed by atoms with Gasteiger partial charge in [-0.2, -0.15) is 14.0 Å². The molecule has 0 saturated carbocycles. The summed E-state index contributed by atoms with van der Waals surface area (Å²) in [6.07, 6.45) is 2.07. The monoisotopic (exact) mass is 521 g/mol. The topological polar surface area (TPSA) is 125 Å². The molecule has 0 aromatic heterocycles. The molecule has 4 rings (SSSR count). The summed E-state index contributed by atoms with van der Waals surface area (Å²) in [4.78, 5) is 4.65. The van der Waals surface area contributed by atoms with Gasteiger partial charge in [0.15, 0.2) is 12.7 Å². The van der Waals surface area contributed by atoms with Crippen molar-refractivity contribution in [2.45, 2.75) is 6.92 Å². The van der Waals surface area contributed by atoms with E-state index in [0.29, 0.717) is 0 Å². The Morgan fingerprint density at radius 2 is 0.972 bits per heavy atom. The van der Waals surface area contributed by atoms with Crippen LogP contribution in [0.3, 0.4) is 0 Å². The number of hydrogen-bond donors (Lipinski definition) is 1. The van der Waals surface area contributed by atoms with Gasteiger partial charge >= 0.3 is 0 Å². The summed E-state index contributed by atoms with van der Waals surface area (Å²) in [6, 6.07) is 41.5. The van der Waals surface area contributed by atoms with Crippen molar-refractivity contribution in [1.82, 2.24) is 0 Å². The summed E-state index contributed by atoms with van der Waals surface area (Å²) in [7, 11) is -7.10. The van der Waals surface area contributed by atoms with Gasteiger partial charge in [0.2, 0.25) is 0 Å². The highest BCUT2D eigenvalue weighted by atomic mass is 35.7. The molecule has 0 fully saturated rings. The average molecular weight is 522 g/mol. The van der Waals surface area contributed by atoms with E-state index in [9.17, 15) is 5.11 Å². The minimum Gasteiger partial charge on any atom is -0.862 e. The van der Waals surface area contributed by atoms with Crippen molar-refractivity contribution in [3.05, 3.63) is 132 Å². The lowest BCUT2D eigenvalue weighted by Crippen LogP contribution is -2.58. The molecule has 4 aromatic carbocycles. The van der Waals surface area contributed by atoms with Crippen molar-refractivity contribution in [3.63, 3.8) is 0 Å². The third-order valence-corrected chi connectivity index (χ3v) is 9.28. The molecule has 0 unspecified atom stereocenters. The zero-order chi connectivity index (χ0) is 26.0. The Morgan fingerprint density at radius 3 is 1.28 bits per heavy atom. The molecule has 0 atom stereocenters. The first-order valence-electron chi connectivity index (χ1n) is 10.9. The van der Waals surface area contributed by atoms with E-state index in [1.54, 1.807) is 0 Å². The molecule has 0 aliphatic carbocycles. The number of nitrogens with zero attached hydrogens (tertiary/aromatic N) is 1. The molecule has 4 aromatic rings. The number of aliphatic imine (C=N–C) groups is 1. The van der Waals surface area contributed by atoms with Crippen LogP contribution in [0.5, 0.6) is 0 Å². The van der Waals surface area contributed by atoms with Gasteiger partial charge in [-0.1, -0.05) is 84.9 Å². The fraction of sp³-hybridized carbons (Fsp3) is 0.0357. The van der Waals surface area contributed by atoms with Crippen LogP contribution < -0.4 is 35.0 Å². The lowest BCUT2D eigenvalue weighted by Gasteiger charge is -2.28. The SMILES string of the molecule is C/C([O-])=N/C(=C/c1ccccc1)[P+](c1ccccc1)(c1ccccc1)c1ccccc1.[O-][Cl+3]([O-])([O-])O. The van der Waals surface area contributed by atoms with Gasteiger partial charge in [0.1, 0.15) is 15.9 Å². The number of benzene rings is 4. The zero-order valence-corrected chi connectivity index (χ0v) is 21.1. The van der Waals surface area contributed by atoms with Gasteiger partial charge in [-0.05, 0) is 54.8 Å². The maximum Gasteiger partial charge on any atom is 0.197 e. The Bertz CT molecular complexity index is 1170. The Labute approximate surface area is 213 Å². The van der Waals surface area contributed by atoms with Gasteiger partial charge < -0.3 is 5.11 Å². The summed E-state index contributed by atoms with van der Waals surface area (Å²) in [5.41, 5.74) is 1.82. The normalized spacial score (nSPS) is 12.5. The maximum atomic E-state index is 12.4. The summed E-state index contributed by atoms with van der Waals surface area (Å²) in [6.45, 7) is 1.52. The average Bonchev–Trinajstić information content (AvgIpc) is 2.86. The highest BCUT2D eigenvalue weighted by Crippen LogP contribution is 2.63. The third-order valence-electron chi connectivity index (χ3n) is 5.14. The fourth-order valence-electron chi connectivity index (χ4n) is 3.86. The predicted octanol–water partition coefficient (Wildman–Crippen LogP) is 0.634. The van der Waals surface area contributed by atoms with E-state index in [0.717, 1.165) is 11.0 Å². The second kappa shape index (κ2) is 12.6. The van der Waals surface area contributed by atoms with Crippen molar-refractivity contribution in [2.24, 2.45) is 4.99 Å². The molecule has 0 radical (unpaired) electrons. The largest absolute Gasteiger partial charge is 0.862 e.